The third-order valence-electron chi connectivity index (χ3n) is 18.1. The zero-order valence-corrected chi connectivity index (χ0v) is 51.9. The summed E-state index contributed by atoms with van der Waals surface area (Å²) < 4.78 is 40.0. The minimum Gasteiger partial charge on any atom is -0.504 e. The molecule has 96 heavy (non-hydrogen) atoms. The van der Waals surface area contributed by atoms with Crippen LogP contribution in [0.15, 0.2) is 103 Å². The summed E-state index contributed by atoms with van der Waals surface area (Å²) in [5, 5.41) is 177. The van der Waals surface area contributed by atoms with Gasteiger partial charge in [0, 0.05) is 27.7 Å². The summed E-state index contributed by atoms with van der Waals surface area (Å²) in [4.78, 5) is 13.5. The fourth-order valence-corrected chi connectivity index (χ4v) is 13.0. The highest BCUT2D eigenvalue weighted by Crippen LogP contribution is 2.48. The van der Waals surface area contributed by atoms with Crippen LogP contribution in [0.3, 0.4) is 0 Å². The number of benzene rings is 3. The van der Waals surface area contributed by atoms with Crippen LogP contribution in [-0.4, -0.2) is 207 Å². The van der Waals surface area contributed by atoms with E-state index in [-0.39, 0.29) is 61.0 Å². The number of H-pyrrole nitrogens is 4. The second-order valence-corrected chi connectivity index (χ2v) is 24.2. The molecule has 0 amide bonds. The zero-order chi connectivity index (χ0) is 68.5. The number of terminal acetylenes is 3. The molecule has 25 nitrogen and oxygen atoms in total. The first kappa shape index (κ1) is 68.5. The Hall–Kier alpha value is -8.86. The molecule has 3 aromatic carbocycles. The number of hydrogen-bond acceptors (Lipinski definition) is 21. The van der Waals surface area contributed by atoms with E-state index in [1.54, 1.807) is 24.3 Å². The van der Waals surface area contributed by atoms with Gasteiger partial charge < -0.3 is 125 Å². The molecule has 4 aliphatic heterocycles. The summed E-state index contributed by atoms with van der Waals surface area (Å²) in [6.45, 7) is -0.911. The number of aromatic amines is 4. The molecule has 3 fully saturated rings. The number of aromatic hydroxyl groups is 3. The van der Waals surface area contributed by atoms with E-state index in [0.717, 1.165) is 44.6 Å². The van der Waals surface area contributed by atoms with Crippen molar-refractivity contribution in [3.8, 4) is 71.5 Å². The molecule has 0 aliphatic carbocycles. The highest BCUT2D eigenvalue weighted by Gasteiger charge is 2.62. The lowest BCUT2D eigenvalue weighted by Gasteiger charge is -2.49. The van der Waals surface area contributed by atoms with Crippen molar-refractivity contribution in [3.05, 3.63) is 164 Å². The van der Waals surface area contributed by atoms with Crippen molar-refractivity contribution in [1.82, 2.24) is 19.9 Å². The highest BCUT2D eigenvalue weighted by atomic mass is 16.7. The van der Waals surface area contributed by atoms with E-state index in [0.29, 0.717) is 29.5 Å². The Morgan fingerprint density at radius 2 is 0.708 bits per heavy atom. The number of hydrogen-bond donors (Lipinski definition) is 19. The number of nitrogens with one attached hydrogen (secondary N) is 4. The number of fused-ring (bicyclic) bond motifs is 8. The second kappa shape index (κ2) is 28.1. The number of aromatic nitrogens is 4. The molecule has 25 heteroatoms. The van der Waals surface area contributed by atoms with E-state index in [2.05, 4.69) is 44.6 Å². The van der Waals surface area contributed by atoms with Crippen LogP contribution in [0, 0.1) is 37.0 Å². The fourth-order valence-electron chi connectivity index (χ4n) is 13.0. The van der Waals surface area contributed by atoms with Gasteiger partial charge in [0.2, 0.25) is 0 Å². The molecule has 11 rings (SSSR count). The summed E-state index contributed by atoms with van der Waals surface area (Å²) in [5.41, 5.74) is 0.156. The van der Waals surface area contributed by atoms with E-state index in [1.165, 1.54) is 72.8 Å². The monoisotopic (exact) mass is 1320 g/mol. The molecular formula is C71H76N4O21. The van der Waals surface area contributed by atoms with Crippen LogP contribution in [0.1, 0.15) is 97.8 Å². The Balaban J connectivity index is 1.32. The first-order chi connectivity index (χ1) is 46.1. The van der Waals surface area contributed by atoms with Crippen molar-refractivity contribution < 1.29 is 105 Å². The lowest BCUT2D eigenvalue weighted by molar-refractivity contribution is -0.311. The number of aliphatic hydroxyl groups is 12. The Morgan fingerprint density at radius 1 is 0.396 bits per heavy atom. The van der Waals surface area contributed by atoms with Crippen molar-refractivity contribution in [2.75, 3.05) is 19.8 Å². The van der Waals surface area contributed by atoms with Gasteiger partial charge in [-0.1, -0.05) is 63.2 Å². The maximum Gasteiger partial charge on any atom is 0.270 e. The molecule has 7 aromatic rings. The van der Waals surface area contributed by atoms with Crippen LogP contribution < -0.4 is 35.6 Å². The predicted octanol–water partition coefficient (Wildman–Crippen LogP) is -0.943. The smallest absolute Gasteiger partial charge is 0.270 e. The van der Waals surface area contributed by atoms with E-state index >= 15 is 0 Å². The minimum atomic E-state index is -3.01. The summed E-state index contributed by atoms with van der Waals surface area (Å²) >= 11 is 0. The number of phenolic OH excluding ortho intramolecular Hbond substituents is 3. The molecule has 0 unspecified atom stereocenters. The summed E-state index contributed by atoms with van der Waals surface area (Å²) in [6.07, 6.45) is -0.919. The van der Waals surface area contributed by atoms with E-state index in [4.69, 9.17) is 47.7 Å². The SMILES string of the molecule is C#Cc1ccc(O)c(O[C@]2(C3=c4ccc([nH]4)=C(CCCCCCCCC)c4ccc([nH]4)C([C@@]4(Oc5cc(C#C)ccc5O)O[C@H](CO)[C@@H](O)[C@H](O)[C@@H]4O)=c4ccc([nH]4)=C([C@@]4(Oc5cc(C#C)ccc5O)O[C@H](CO)[C@@H](O)[C@H](O)[C@@H]4O)c4ccc3[nH]4)O[C@H](CO)[C@@H](O)[C@H](O)[C@@H]2O)c1. The van der Waals surface area contributed by atoms with Crippen LogP contribution in [-0.2, 0) is 14.2 Å². The number of unbranched alkanes of at least 4 members (excludes halogenated alkanes) is 6. The van der Waals surface area contributed by atoms with Crippen molar-refractivity contribution in [3.63, 3.8) is 0 Å². The normalized spacial score (nSPS) is 28.9. The number of phenols is 3. The summed E-state index contributed by atoms with van der Waals surface area (Å²) in [7, 11) is 0. The zero-order valence-electron chi connectivity index (χ0n) is 51.9. The third kappa shape index (κ3) is 12.3. The molecule has 0 spiro atoms. The van der Waals surface area contributed by atoms with Gasteiger partial charge >= 0.3 is 0 Å². The molecule has 15 atom stereocenters. The van der Waals surface area contributed by atoms with Gasteiger partial charge in [-0.2, -0.15) is 0 Å². The van der Waals surface area contributed by atoms with Gasteiger partial charge in [0.15, 0.2) is 52.8 Å². The average molecular weight is 1320 g/mol. The maximum absolute atomic E-state index is 12.9. The van der Waals surface area contributed by atoms with Gasteiger partial charge in [-0.15, -0.1) is 19.3 Å². The standard InChI is InChI=1S/C71H76N4O21/c1-5-9-10-11-12-13-14-15-39-40-19-21-42(72-40)57(69(66(88)63(85)60(82)54(33-76)94-69)91-51-30-36(6-2)16-27-48(51)79)44-23-25-46(74-44)59(71(68(90)65(87)62(84)56(35-78)96-71)93-53-32-38(8-4)18-29-50(53)81)47-26-24-45(75-47)58(43-22-20-41(39)73-43)70(67(89)64(86)61(83)55(34-77)95-70)92-52-31-37(7-3)17-28-49(52)80/h2-4,16-32,54-56,60-68,72-90H,5,9-15,33-35H2,1H3/t54-,55-,56-,60-,61-,62-,63+,64+,65+,66+,67+,68+,69-,70-,71-/m1/s1. The lowest BCUT2D eigenvalue weighted by atomic mass is 9.86. The van der Waals surface area contributed by atoms with E-state index in [9.17, 15) is 76.6 Å². The van der Waals surface area contributed by atoms with E-state index in [1.807, 2.05) is 0 Å². The molecule has 8 heterocycles. The Labute approximate surface area is 549 Å². The molecule has 0 radical (unpaired) electrons. The number of rotatable bonds is 20. The van der Waals surface area contributed by atoms with Crippen LogP contribution in [0.25, 0.3) is 22.3 Å². The molecule has 3 saturated heterocycles. The van der Waals surface area contributed by atoms with Crippen molar-refractivity contribution in [1.29, 1.82) is 0 Å². The Bertz CT molecular complexity index is 4380. The number of aliphatic hydroxyl groups excluding tert-OH is 12. The first-order valence-corrected chi connectivity index (χ1v) is 31.4. The number of ether oxygens (including phenoxy) is 6. The topological polar surface area (TPSA) is 422 Å². The van der Waals surface area contributed by atoms with Gasteiger partial charge in [0.1, 0.15) is 54.9 Å². The van der Waals surface area contributed by atoms with Crippen LogP contribution in [0.2, 0.25) is 0 Å². The average Bonchev–Trinajstić information content (AvgIpc) is 1.35. The quantitative estimate of drug-likeness (QED) is 0.0323. The van der Waals surface area contributed by atoms with E-state index < -0.39 is 150 Å². The van der Waals surface area contributed by atoms with Crippen LogP contribution >= 0.6 is 0 Å². The van der Waals surface area contributed by atoms with Crippen molar-refractivity contribution in [2.24, 2.45) is 0 Å². The Kier molecular flexibility index (Phi) is 20.0. The minimum absolute atomic E-state index is 0.0229. The van der Waals surface area contributed by atoms with Gasteiger partial charge in [-0.25, -0.2) is 0 Å². The third-order valence-corrected chi connectivity index (χ3v) is 18.1. The molecule has 19 N–H and O–H groups in total. The predicted molar refractivity (Wildman–Crippen MR) is 342 cm³/mol. The summed E-state index contributed by atoms with van der Waals surface area (Å²) in [5.74, 6) is -4.40. The maximum atomic E-state index is 12.9. The van der Waals surface area contributed by atoms with Gasteiger partial charge in [-0.3, -0.25) is 0 Å². The molecule has 0 saturated carbocycles. The molecular weight excluding hydrogens is 1240 g/mol. The first-order valence-electron chi connectivity index (χ1n) is 31.4. The van der Waals surface area contributed by atoms with Gasteiger partial charge in [0.05, 0.1) is 69.7 Å². The summed E-state index contributed by atoms with van der Waals surface area (Å²) in [6, 6.07) is 23.4. The molecule has 8 bridgehead atoms. The van der Waals surface area contributed by atoms with Crippen LogP contribution in [0.4, 0.5) is 0 Å². The van der Waals surface area contributed by atoms with Crippen LogP contribution in [0.5, 0.6) is 34.5 Å². The molecule has 506 valence electrons. The molecule has 4 aliphatic rings. The Morgan fingerprint density at radius 3 is 1.05 bits per heavy atom. The lowest BCUT2D eigenvalue weighted by Crippen LogP contribution is -2.69. The van der Waals surface area contributed by atoms with Gasteiger partial charge in [-0.05, 0) is 122 Å². The molecule has 4 aromatic heterocycles. The largest absolute Gasteiger partial charge is 0.504 e. The van der Waals surface area contributed by atoms with Gasteiger partial charge in [0.25, 0.3) is 17.4 Å². The van der Waals surface area contributed by atoms with Crippen molar-refractivity contribution >= 4 is 22.3 Å². The fraction of sp³-hybridized carbons (Fsp3) is 0.380. The second-order valence-electron chi connectivity index (χ2n) is 24.2. The highest BCUT2D eigenvalue weighted by molar-refractivity contribution is 5.78. The van der Waals surface area contributed by atoms with Crippen molar-refractivity contribution in [2.45, 2.75) is 149 Å².